The molecule has 0 fully saturated rings. The first-order chi connectivity index (χ1) is 6.57. The van der Waals surface area contributed by atoms with Gasteiger partial charge < -0.3 is 15.5 Å². The standard InChI is InChI=1S/C9H11ClFNO2/c1-12-3-2-5-4-6(10)9(14)7(11)8(5)13/h4,12-14H,2-3H2,1H3. The fourth-order valence-corrected chi connectivity index (χ4v) is 1.31. The first-order valence-corrected chi connectivity index (χ1v) is 4.49. The van der Waals surface area contributed by atoms with Crippen LogP contribution in [0.25, 0.3) is 0 Å². The summed E-state index contributed by atoms with van der Waals surface area (Å²) in [5, 5.41) is 21.1. The number of halogens is 2. The average Bonchev–Trinajstić information content (AvgIpc) is 2.18. The first-order valence-electron chi connectivity index (χ1n) is 4.11. The fourth-order valence-electron chi connectivity index (χ4n) is 1.10. The SMILES string of the molecule is CNCCc1cc(Cl)c(O)c(F)c1O. The van der Waals surface area contributed by atoms with Crippen LogP contribution in [-0.2, 0) is 6.42 Å². The van der Waals surface area contributed by atoms with Gasteiger partial charge in [-0.1, -0.05) is 11.6 Å². The van der Waals surface area contributed by atoms with Gasteiger partial charge in [0, 0.05) is 0 Å². The molecule has 0 amide bonds. The average molecular weight is 220 g/mol. The molecule has 0 unspecified atom stereocenters. The van der Waals surface area contributed by atoms with Gasteiger partial charge in [-0.15, -0.1) is 0 Å². The Morgan fingerprint density at radius 3 is 2.64 bits per heavy atom. The summed E-state index contributed by atoms with van der Waals surface area (Å²) in [7, 11) is 1.75. The topological polar surface area (TPSA) is 52.5 Å². The number of likely N-dealkylation sites (N-methyl/N-ethyl adjacent to an activating group) is 1. The molecule has 3 N–H and O–H groups in total. The van der Waals surface area contributed by atoms with Crippen LogP contribution >= 0.6 is 11.6 Å². The van der Waals surface area contributed by atoms with Crippen molar-refractivity contribution in [2.45, 2.75) is 6.42 Å². The Morgan fingerprint density at radius 1 is 1.43 bits per heavy atom. The molecule has 0 saturated heterocycles. The van der Waals surface area contributed by atoms with E-state index < -0.39 is 17.3 Å². The Morgan fingerprint density at radius 2 is 2.07 bits per heavy atom. The zero-order valence-electron chi connectivity index (χ0n) is 7.64. The monoisotopic (exact) mass is 219 g/mol. The van der Waals surface area contributed by atoms with Gasteiger partial charge in [-0.2, -0.15) is 4.39 Å². The third kappa shape index (κ3) is 2.08. The molecule has 0 aliphatic heterocycles. The lowest BCUT2D eigenvalue weighted by Crippen LogP contribution is -2.10. The van der Waals surface area contributed by atoms with Crippen LogP contribution in [0.3, 0.4) is 0 Å². The Labute approximate surface area is 86.1 Å². The van der Waals surface area contributed by atoms with Crippen molar-refractivity contribution < 1.29 is 14.6 Å². The van der Waals surface area contributed by atoms with Gasteiger partial charge in [-0.25, -0.2) is 0 Å². The number of aromatic hydroxyl groups is 2. The molecule has 1 aromatic carbocycles. The number of hydrogen-bond acceptors (Lipinski definition) is 3. The second-order valence-corrected chi connectivity index (χ2v) is 3.29. The number of phenolic OH excluding ortho intramolecular Hbond substituents is 2. The first kappa shape index (κ1) is 11.1. The highest BCUT2D eigenvalue weighted by Crippen LogP contribution is 2.35. The van der Waals surface area contributed by atoms with Crippen LogP contribution in [0, 0.1) is 5.82 Å². The zero-order valence-corrected chi connectivity index (χ0v) is 8.40. The van der Waals surface area contributed by atoms with Gasteiger partial charge in [0.1, 0.15) is 0 Å². The third-order valence-corrected chi connectivity index (χ3v) is 2.18. The Kier molecular flexibility index (Phi) is 3.55. The van der Waals surface area contributed by atoms with E-state index >= 15 is 0 Å². The second-order valence-electron chi connectivity index (χ2n) is 2.88. The van der Waals surface area contributed by atoms with E-state index in [0.29, 0.717) is 18.5 Å². The summed E-state index contributed by atoms with van der Waals surface area (Å²) < 4.78 is 13.1. The van der Waals surface area contributed by atoms with Crippen LogP contribution in [0.4, 0.5) is 4.39 Å². The zero-order chi connectivity index (χ0) is 10.7. The number of phenols is 2. The van der Waals surface area contributed by atoms with Crippen LogP contribution < -0.4 is 5.32 Å². The van der Waals surface area contributed by atoms with Gasteiger partial charge in [0.05, 0.1) is 5.02 Å². The van der Waals surface area contributed by atoms with Crippen molar-refractivity contribution in [3.05, 3.63) is 22.5 Å². The van der Waals surface area contributed by atoms with E-state index in [0.717, 1.165) is 0 Å². The molecule has 5 heteroatoms. The molecule has 1 aromatic rings. The molecular weight excluding hydrogens is 209 g/mol. The minimum atomic E-state index is -1.07. The predicted octanol–water partition coefficient (Wildman–Crippen LogP) is 1.65. The van der Waals surface area contributed by atoms with Gasteiger partial charge in [-0.05, 0) is 31.6 Å². The maximum absolute atomic E-state index is 13.1. The van der Waals surface area contributed by atoms with Crippen LogP contribution in [0.1, 0.15) is 5.56 Å². The van der Waals surface area contributed by atoms with Gasteiger partial charge in [0.15, 0.2) is 11.5 Å². The lowest BCUT2D eigenvalue weighted by molar-refractivity contribution is 0.385. The maximum atomic E-state index is 13.1. The summed E-state index contributed by atoms with van der Waals surface area (Å²) in [6.07, 6.45) is 0.444. The molecule has 0 radical (unpaired) electrons. The summed E-state index contributed by atoms with van der Waals surface area (Å²) in [6, 6.07) is 1.35. The molecule has 0 saturated carbocycles. The molecule has 0 atom stereocenters. The van der Waals surface area contributed by atoms with Crippen molar-refractivity contribution in [2.24, 2.45) is 0 Å². The molecular formula is C9H11ClFNO2. The van der Waals surface area contributed by atoms with Gasteiger partial charge >= 0.3 is 0 Å². The Balaban J connectivity index is 3.06. The van der Waals surface area contributed by atoms with E-state index in [9.17, 15) is 9.50 Å². The van der Waals surface area contributed by atoms with Gasteiger partial charge in [0.2, 0.25) is 5.82 Å². The predicted molar refractivity (Wildman–Crippen MR) is 52.4 cm³/mol. The molecule has 0 bridgehead atoms. The number of rotatable bonds is 3. The van der Waals surface area contributed by atoms with E-state index in [1.807, 2.05) is 0 Å². The lowest BCUT2D eigenvalue weighted by Gasteiger charge is -2.07. The van der Waals surface area contributed by atoms with Gasteiger partial charge in [0.25, 0.3) is 0 Å². The third-order valence-electron chi connectivity index (χ3n) is 1.89. The summed E-state index contributed by atoms with van der Waals surface area (Å²) in [5.41, 5.74) is 0.375. The molecule has 0 heterocycles. The van der Waals surface area contributed by atoms with Crippen LogP contribution in [0.2, 0.25) is 5.02 Å². The highest BCUT2D eigenvalue weighted by molar-refractivity contribution is 6.32. The Bertz CT molecular complexity index is 344. The highest BCUT2D eigenvalue weighted by Gasteiger charge is 2.15. The highest BCUT2D eigenvalue weighted by atomic mass is 35.5. The largest absolute Gasteiger partial charge is 0.505 e. The quantitative estimate of drug-likeness (QED) is 0.725. The van der Waals surface area contributed by atoms with E-state index in [1.165, 1.54) is 6.07 Å². The van der Waals surface area contributed by atoms with Crippen LogP contribution in [0.15, 0.2) is 6.07 Å². The minimum absolute atomic E-state index is 0.0913. The van der Waals surface area contributed by atoms with E-state index in [4.69, 9.17) is 16.7 Å². The molecule has 1 rings (SSSR count). The maximum Gasteiger partial charge on any atom is 0.208 e. The fraction of sp³-hybridized carbons (Fsp3) is 0.333. The Hall–Kier alpha value is -1.00. The van der Waals surface area contributed by atoms with Crippen molar-refractivity contribution in [3.63, 3.8) is 0 Å². The summed E-state index contributed by atoms with van der Waals surface area (Å²) in [5.74, 6) is -2.32. The van der Waals surface area contributed by atoms with Crippen LogP contribution in [-0.4, -0.2) is 23.8 Å². The van der Waals surface area contributed by atoms with Gasteiger partial charge in [-0.3, -0.25) is 0 Å². The molecule has 0 aromatic heterocycles. The normalized spacial score (nSPS) is 10.5. The molecule has 14 heavy (non-hydrogen) atoms. The molecule has 0 aliphatic rings. The van der Waals surface area contributed by atoms with Crippen LogP contribution in [0.5, 0.6) is 11.5 Å². The number of nitrogens with one attached hydrogen (secondary N) is 1. The summed E-state index contributed by atoms with van der Waals surface area (Å²) in [4.78, 5) is 0. The van der Waals surface area contributed by atoms with Crippen molar-refractivity contribution in [1.29, 1.82) is 0 Å². The number of hydrogen-bond donors (Lipinski definition) is 3. The van der Waals surface area contributed by atoms with E-state index in [1.54, 1.807) is 7.05 Å². The minimum Gasteiger partial charge on any atom is -0.505 e. The smallest absolute Gasteiger partial charge is 0.208 e. The molecule has 3 nitrogen and oxygen atoms in total. The summed E-state index contributed by atoms with van der Waals surface area (Å²) >= 11 is 5.55. The van der Waals surface area contributed by atoms with Crippen molar-refractivity contribution in [3.8, 4) is 11.5 Å². The molecule has 0 spiro atoms. The molecule has 0 aliphatic carbocycles. The molecule has 78 valence electrons. The number of benzene rings is 1. The van der Waals surface area contributed by atoms with E-state index in [2.05, 4.69) is 5.32 Å². The second kappa shape index (κ2) is 4.48. The van der Waals surface area contributed by atoms with Crippen molar-refractivity contribution in [2.75, 3.05) is 13.6 Å². The summed E-state index contributed by atoms with van der Waals surface area (Å²) in [6.45, 7) is 0.591. The van der Waals surface area contributed by atoms with E-state index in [-0.39, 0.29) is 5.02 Å². The lowest BCUT2D eigenvalue weighted by atomic mass is 10.1. The van der Waals surface area contributed by atoms with Crippen molar-refractivity contribution >= 4 is 11.6 Å². The van der Waals surface area contributed by atoms with Crippen molar-refractivity contribution in [1.82, 2.24) is 5.32 Å².